The van der Waals surface area contributed by atoms with Crippen LogP contribution >= 0.6 is 23.4 Å². The summed E-state index contributed by atoms with van der Waals surface area (Å²) < 4.78 is 1.99. The molecule has 0 N–H and O–H groups in total. The third-order valence-corrected chi connectivity index (χ3v) is 6.72. The Bertz CT molecular complexity index is 996. The number of rotatable bonds is 5. The Morgan fingerprint density at radius 1 is 1.03 bits per heavy atom. The van der Waals surface area contributed by atoms with E-state index in [0.29, 0.717) is 15.9 Å². The number of carbonyl (C=O) groups excluding carboxylic acids is 1. The van der Waals surface area contributed by atoms with Gasteiger partial charge >= 0.3 is 0 Å². The van der Waals surface area contributed by atoms with E-state index in [-0.39, 0.29) is 18.0 Å². The molecule has 0 unspecified atom stereocenters. The average Bonchev–Trinajstić information content (AvgIpc) is 3.17. The van der Waals surface area contributed by atoms with Crippen LogP contribution in [0.1, 0.15) is 33.1 Å². The highest BCUT2D eigenvalue weighted by Gasteiger charge is 2.29. The minimum atomic E-state index is 0.159. The van der Waals surface area contributed by atoms with Crippen LogP contribution in [0.25, 0.3) is 17.1 Å². The van der Waals surface area contributed by atoms with Crippen LogP contribution in [-0.2, 0) is 4.79 Å². The van der Waals surface area contributed by atoms with E-state index in [1.165, 1.54) is 18.2 Å². The van der Waals surface area contributed by atoms with Gasteiger partial charge in [-0.3, -0.25) is 9.36 Å². The summed E-state index contributed by atoms with van der Waals surface area (Å²) in [5.41, 5.74) is 1.88. The molecule has 1 fully saturated rings. The first-order valence-electron chi connectivity index (χ1n) is 10.3. The Labute approximate surface area is 186 Å². The van der Waals surface area contributed by atoms with Gasteiger partial charge in [0.1, 0.15) is 0 Å². The van der Waals surface area contributed by atoms with Crippen LogP contribution in [0.5, 0.6) is 0 Å². The molecule has 1 aromatic heterocycles. The summed E-state index contributed by atoms with van der Waals surface area (Å²) in [7, 11) is 0. The molecule has 2 atom stereocenters. The highest BCUT2D eigenvalue weighted by Crippen LogP contribution is 2.30. The minimum Gasteiger partial charge on any atom is -0.337 e. The van der Waals surface area contributed by atoms with Gasteiger partial charge in [-0.1, -0.05) is 53.7 Å². The maximum absolute atomic E-state index is 13.0. The normalized spacial score (nSPS) is 19.1. The van der Waals surface area contributed by atoms with Gasteiger partial charge in [0, 0.05) is 28.4 Å². The Morgan fingerprint density at radius 3 is 2.37 bits per heavy atom. The van der Waals surface area contributed by atoms with Crippen LogP contribution < -0.4 is 0 Å². The summed E-state index contributed by atoms with van der Waals surface area (Å²) in [5, 5.41) is 10.2. The van der Waals surface area contributed by atoms with Gasteiger partial charge in [-0.25, -0.2) is 0 Å². The average molecular weight is 441 g/mol. The first-order valence-corrected chi connectivity index (χ1v) is 11.6. The van der Waals surface area contributed by atoms with Gasteiger partial charge < -0.3 is 4.90 Å². The Hall–Kier alpha value is -2.31. The number of nitrogens with zero attached hydrogens (tertiary/aromatic N) is 4. The maximum Gasteiger partial charge on any atom is 0.233 e. The molecule has 1 aliphatic heterocycles. The lowest BCUT2D eigenvalue weighted by atomic mass is 9.98. The van der Waals surface area contributed by atoms with Crippen molar-refractivity contribution < 1.29 is 4.79 Å². The lowest BCUT2D eigenvalue weighted by molar-refractivity contribution is -0.134. The van der Waals surface area contributed by atoms with Gasteiger partial charge in [0.25, 0.3) is 0 Å². The van der Waals surface area contributed by atoms with Gasteiger partial charge in [-0.15, -0.1) is 10.2 Å². The lowest BCUT2D eigenvalue weighted by Crippen LogP contribution is -2.48. The topological polar surface area (TPSA) is 51.0 Å². The molecule has 1 amide bonds. The standard InChI is InChI=1S/C23H25ClN4OS/c1-16-7-6-8-17(2)27(16)21(29)15-30-23-26-25-22(18-9-4-3-5-10-18)28(23)20-13-11-19(24)12-14-20/h3-5,9-14,16-17H,6-8,15H2,1-2H3/t16-,17+. The molecule has 1 aliphatic rings. The van der Waals surface area contributed by atoms with E-state index in [0.717, 1.165) is 29.9 Å². The third-order valence-electron chi connectivity index (χ3n) is 5.56. The van der Waals surface area contributed by atoms with Crippen LogP contribution in [0.15, 0.2) is 59.8 Å². The number of piperidine rings is 1. The summed E-state index contributed by atoms with van der Waals surface area (Å²) in [6.07, 6.45) is 3.32. The molecule has 0 bridgehead atoms. The van der Waals surface area contributed by atoms with Crippen molar-refractivity contribution in [3.8, 4) is 17.1 Å². The van der Waals surface area contributed by atoms with Crippen LogP contribution in [0, 0.1) is 0 Å². The summed E-state index contributed by atoms with van der Waals surface area (Å²) >= 11 is 7.52. The molecule has 0 saturated carbocycles. The van der Waals surface area contributed by atoms with Crippen molar-refractivity contribution in [3.05, 3.63) is 59.6 Å². The maximum atomic E-state index is 13.0. The van der Waals surface area contributed by atoms with Crippen molar-refractivity contribution in [1.29, 1.82) is 0 Å². The summed E-state index contributed by atoms with van der Waals surface area (Å²) in [4.78, 5) is 15.0. The third kappa shape index (κ3) is 4.40. The first kappa shape index (κ1) is 20.9. The van der Waals surface area contributed by atoms with Crippen LogP contribution in [-0.4, -0.2) is 43.4 Å². The fourth-order valence-corrected chi connectivity index (χ4v) is 5.02. The summed E-state index contributed by atoms with van der Waals surface area (Å²) in [5.74, 6) is 1.24. The van der Waals surface area contributed by atoms with E-state index >= 15 is 0 Å². The molecule has 1 saturated heterocycles. The summed E-state index contributed by atoms with van der Waals surface area (Å²) in [6, 6.07) is 18.1. The van der Waals surface area contributed by atoms with Gasteiger partial charge in [0.05, 0.1) is 5.75 Å². The SMILES string of the molecule is C[C@@H]1CCC[C@H](C)N1C(=O)CSc1nnc(-c2ccccc2)n1-c1ccc(Cl)cc1. The molecule has 5 nitrogen and oxygen atoms in total. The van der Waals surface area contributed by atoms with Crippen molar-refractivity contribution in [2.45, 2.75) is 50.4 Å². The molecule has 2 heterocycles. The quantitative estimate of drug-likeness (QED) is 0.493. The molecular weight excluding hydrogens is 416 g/mol. The predicted molar refractivity (Wildman–Crippen MR) is 122 cm³/mol. The van der Waals surface area contributed by atoms with E-state index < -0.39 is 0 Å². The van der Waals surface area contributed by atoms with Crippen LogP contribution in [0.4, 0.5) is 0 Å². The zero-order valence-electron chi connectivity index (χ0n) is 17.2. The molecule has 2 aromatic carbocycles. The number of benzene rings is 2. The molecule has 7 heteroatoms. The monoisotopic (exact) mass is 440 g/mol. The number of hydrogen-bond acceptors (Lipinski definition) is 4. The lowest BCUT2D eigenvalue weighted by Gasteiger charge is -2.39. The second kappa shape index (κ2) is 9.23. The number of thioether (sulfide) groups is 1. The molecular formula is C23H25ClN4OS. The summed E-state index contributed by atoms with van der Waals surface area (Å²) in [6.45, 7) is 4.28. The largest absolute Gasteiger partial charge is 0.337 e. The van der Waals surface area contributed by atoms with Crippen molar-refractivity contribution in [3.63, 3.8) is 0 Å². The molecule has 30 heavy (non-hydrogen) atoms. The number of likely N-dealkylation sites (tertiary alicyclic amines) is 1. The van der Waals surface area contributed by atoms with Crippen molar-refractivity contribution in [2.24, 2.45) is 0 Å². The van der Waals surface area contributed by atoms with E-state index in [1.54, 1.807) is 0 Å². The number of aromatic nitrogens is 3. The van der Waals surface area contributed by atoms with Gasteiger partial charge in [-0.05, 0) is 57.4 Å². The van der Waals surface area contributed by atoms with Crippen LogP contribution in [0.3, 0.4) is 0 Å². The minimum absolute atomic E-state index is 0.159. The first-order chi connectivity index (χ1) is 14.5. The second-order valence-electron chi connectivity index (χ2n) is 7.70. The molecule has 156 valence electrons. The fraction of sp³-hybridized carbons (Fsp3) is 0.348. The van der Waals surface area contributed by atoms with E-state index in [1.807, 2.05) is 64.1 Å². The Morgan fingerprint density at radius 2 is 1.70 bits per heavy atom. The highest BCUT2D eigenvalue weighted by atomic mass is 35.5. The van der Waals surface area contributed by atoms with Gasteiger partial charge in [-0.2, -0.15) is 0 Å². The zero-order chi connectivity index (χ0) is 21.1. The molecule has 0 aliphatic carbocycles. The van der Waals surface area contributed by atoms with E-state index in [4.69, 9.17) is 11.6 Å². The molecule has 3 aromatic rings. The highest BCUT2D eigenvalue weighted by molar-refractivity contribution is 7.99. The molecule has 0 spiro atoms. The molecule has 4 rings (SSSR count). The van der Waals surface area contributed by atoms with Crippen molar-refractivity contribution in [1.82, 2.24) is 19.7 Å². The van der Waals surface area contributed by atoms with Crippen LogP contribution in [0.2, 0.25) is 5.02 Å². The Kier molecular flexibility index (Phi) is 6.44. The van der Waals surface area contributed by atoms with Crippen molar-refractivity contribution in [2.75, 3.05) is 5.75 Å². The van der Waals surface area contributed by atoms with Crippen molar-refractivity contribution >= 4 is 29.3 Å². The fourth-order valence-electron chi connectivity index (χ4n) is 4.07. The number of amides is 1. The number of halogens is 1. The predicted octanol–water partition coefficient (Wildman–Crippen LogP) is 5.47. The number of carbonyl (C=O) groups is 1. The van der Waals surface area contributed by atoms with Gasteiger partial charge in [0.2, 0.25) is 5.91 Å². The molecule has 0 radical (unpaired) electrons. The van der Waals surface area contributed by atoms with Gasteiger partial charge in [0.15, 0.2) is 11.0 Å². The number of hydrogen-bond donors (Lipinski definition) is 0. The van der Waals surface area contributed by atoms with E-state index in [9.17, 15) is 4.79 Å². The Balaban J connectivity index is 1.62. The zero-order valence-corrected chi connectivity index (χ0v) is 18.7. The smallest absolute Gasteiger partial charge is 0.233 e. The van der Waals surface area contributed by atoms with E-state index in [2.05, 4.69) is 24.0 Å². The second-order valence-corrected chi connectivity index (χ2v) is 9.08.